The highest BCUT2D eigenvalue weighted by atomic mass is 32.2. The second kappa shape index (κ2) is 8.53. The number of hydrazone groups is 1. The SMILES string of the molecule is CCCCc1ccc(S(=O)(=O)NN=Cc2cccc(OC)c2O)cc1. The van der Waals surface area contributed by atoms with Gasteiger partial charge in [0.15, 0.2) is 11.5 Å². The van der Waals surface area contributed by atoms with E-state index in [0.717, 1.165) is 24.8 Å². The summed E-state index contributed by atoms with van der Waals surface area (Å²) >= 11 is 0. The average molecular weight is 362 g/mol. The Morgan fingerprint density at radius 1 is 1.20 bits per heavy atom. The van der Waals surface area contributed by atoms with Crippen LogP contribution in [0.25, 0.3) is 0 Å². The van der Waals surface area contributed by atoms with Gasteiger partial charge in [-0.15, -0.1) is 0 Å². The van der Waals surface area contributed by atoms with E-state index in [1.165, 1.54) is 13.3 Å². The van der Waals surface area contributed by atoms with Crippen LogP contribution in [0.3, 0.4) is 0 Å². The molecule has 7 heteroatoms. The van der Waals surface area contributed by atoms with Gasteiger partial charge in [-0.2, -0.15) is 13.5 Å². The van der Waals surface area contributed by atoms with Gasteiger partial charge in [-0.3, -0.25) is 0 Å². The lowest BCUT2D eigenvalue weighted by molar-refractivity contribution is 0.373. The summed E-state index contributed by atoms with van der Waals surface area (Å²) in [7, 11) is -2.32. The van der Waals surface area contributed by atoms with Crippen molar-refractivity contribution in [1.82, 2.24) is 4.83 Å². The van der Waals surface area contributed by atoms with Crippen molar-refractivity contribution in [2.24, 2.45) is 5.10 Å². The standard InChI is InChI=1S/C18H22N2O4S/c1-3-4-6-14-9-11-16(12-10-14)25(22,23)20-19-13-15-7-5-8-17(24-2)18(15)21/h5,7-13,20-21H,3-4,6H2,1-2H3. The van der Waals surface area contributed by atoms with Crippen LogP contribution < -0.4 is 9.57 Å². The smallest absolute Gasteiger partial charge is 0.276 e. The van der Waals surface area contributed by atoms with E-state index in [1.54, 1.807) is 30.3 Å². The Balaban J connectivity index is 2.08. The molecule has 0 saturated carbocycles. The van der Waals surface area contributed by atoms with E-state index in [0.29, 0.717) is 5.56 Å². The fourth-order valence-corrected chi connectivity index (χ4v) is 3.03. The zero-order chi connectivity index (χ0) is 18.3. The summed E-state index contributed by atoms with van der Waals surface area (Å²) in [6, 6.07) is 11.6. The number of methoxy groups -OCH3 is 1. The van der Waals surface area contributed by atoms with Crippen molar-refractivity contribution in [3.05, 3.63) is 53.6 Å². The van der Waals surface area contributed by atoms with E-state index < -0.39 is 10.0 Å². The summed E-state index contributed by atoms with van der Waals surface area (Å²) in [5.41, 5.74) is 1.45. The summed E-state index contributed by atoms with van der Waals surface area (Å²) in [5.74, 6) is 0.183. The maximum absolute atomic E-state index is 12.2. The predicted molar refractivity (Wildman–Crippen MR) is 97.6 cm³/mol. The minimum absolute atomic E-state index is 0.103. The molecular formula is C18H22N2O4S. The number of phenolic OH excluding ortho intramolecular Hbond substituents is 1. The third-order valence-electron chi connectivity index (χ3n) is 3.68. The molecule has 0 amide bonds. The quantitative estimate of drug-likeness (QED) is 0.558. The molecule has 25 heavy (non-hydrogen) atoms. The number of nitrogens with one attached hydrogen (secondary N) is 1. The van der Waals surface area contributed by atoms with Crippen LogP contribution in [0.4, 0.5) is 0 Å². The Morgan fingerprint density at radius 3 is 2.56 bits per heavy atom. The van der Waals surface area contributed by atoms with Gasteiger partial charge in [-0.25, -0.2) is 4.83 Å². The van der Waals surface area contributed by atoms with E-state index in [-0.39, 0.29) is 16.4 Å². The number of nitrogens with zero attached hydrogens (tertiary/aromatic N) is 1. The molecular weight excluding hydrogens is 340 g/mol. The summed E-state index contributed by atoms with van der Waals surface area (Å²) in [4.78, 5) is 2.28. The third-order valence-corrected chi connectivity index (χ3v) is 4.92. The average Bonchev–Trinajstić information content (AvgIpc) is 2.61. The summed E-state index contributed by atoms with van der Waals surface area (Å²) in [6.45, 7) is 2.11. The Morgan fingerprint density at radius 2 is 1.92 bits per heavy atom. The number of hydrogen-bond acceptors (Lipinski definition) is 5. The summed E-state index contributed by atoms with van der Waals surface area (Å²) < 4.78 is 29.5. The van der Waals surface area contributed by atoms with Crippen molar-refractivity contribution in [3.8, 4) is 11.5 Å². The summed E-state index contributed by atoms with van der Waals surface area (Å²) in [5, 5.41) is 13.7. The predicted octanol–water partition coefficient (Wildman–Crippen LogP) is 3.06. The highest BCUT2D eigenvalue weighted by molar-refractivity contribution is 7.89. The van der Waals surface area contributed by atoms with Crippen LogP contribution in [0.15, 0.2) is 52.5 Å². The number of aryl methyl sites for hydroxylation is 1. The highest BCUT2D eigenvalue weighted by Gasteiger charge is 2.12. The number of hydrogen-bond donors (Lipinski definition) is 2. The molecule has 0 aliphatic carbocycles. The van der Waals surface area contributed by atoms with Gasteiger partial charge in [0.05, 0.1) is 18.2 Å². The first-order valence-electron chi connectivity index (χ1n) is 7.97. The first kappa shape index (κ1) is 18.8. The second-order valence-electron chi connectivity index (χ2n) is 5.50. The fourth-order valence-electron chi connectivity index (χ4n) is 2.24. The third kappa shape index (κ3) is 4.96. The van der Waals surface area contributed by atoms with Crippen LogP contribution in [0.1, 0.15) is 30.9 Å². The molecule has 134 valence electrons. The van der Waals surface area contributed by atoms with Crippen molar-refractivity contribution in [3.63, 3.8) is 0 Å². The van der Waals surface area contributed by atoms with Crippen LogP contribution in [0.5, 0.6) is 11.5 Å². The molecule has 0 unspecified atom stereocenters. The van der Waals surface area contributed by atoms with Crippen molar-refractivity contribution in [1.29, 1.82) is 0 Å². The number of unbranched alkanes of at least 4 members (excludes halogenated alkanes) is 1. The molecule has 2 rings (SSSR count). The fraction of sp³-hybridized carbons (Fsp3) is 0.278. The van der Waals surface area contributed by atoms with Gasteiger partial charge in [-0.1, -0.05) is 31.5 Å². The first-order chi connectivity index (χ1) is 12.0. The molecule has 0 spiro atoms. The van der Waals surface area contributed by atoms with Crippen molar-refractivity contribution < 1.29 is 18.3 Å². The van der Waals surface area contributed by atoms with Crippen LogP contribution in [0.2, 0.25) is 0 Å². The number of rotatable bonds is 8. The van der Waals surface area contributed by atoms with Gasteiger partial charge in [-0.05, 0) is 42.7 Å². The lowest BCUT2D eigenvalue weighted by atomic mass is 10.1. The monoisotopic (exact) mass is 362 g/mol. The molecule has 2 aromatic carbocycles. The molecule has 6 nitrogen and oxygen atoms in total. The number of ether oxygens (including phenoxy) is 1. The second-order valence-corrected chi connectivity index (χ2v) is 7.16. The lowest BCUT2D eigenvalue weighted by Crippen LogP contribution is -2.18. The molecule has 0 bridgehead atoms. The van der Waals surface area contributed by atoms with E-state index in [1.807, 2.05) is 12.1 Å². The van der Waals surface area contributed by atoms with Crippen LogP contribution in [-0.4, -0.2) is 26.8 Å². The maximum atomic E-state index is 12.2. The van der Waals surface area contributed by atoms with Crippen LogP contribution in [0, 0.1) is 0 Å². The van der Waals surface area contributed by atoms with Gasteiger partial charge in [0, 0.05) is 5.56 Å². The van der Waals surface area contributed by atoms with Gasteiger partial charge in [0.1, 0.15) is 0 Å². The molecule has 0 heterocycles. The van der Waals surface area contributed by atoms with E-state index in [9.17, 15) is 13.5 Å². The van der Waals surface area contributed by atoms with Crippen LogP contribution in [-0.2, 0) is 16.4 Å². The minimum Gasteiger partial charge on any atom is -0.504 e. The topological polar surface area (TPSA) is 88.0 Å². The number of phenols is 1. The van der Waals surface area contributed by atoms with E-state index in [2.05, 4.69) is 16.9 Å². The Kier molecular flexibility index (Phi) is 6.41. The van der Waals surface area contributed by atoms with E-state index in [4.69, 9.17) is 4.74 Å². The van der Waals surface area contributed by atoms with Gasteiger partial charge < -0.3 is 9.84 Å². The van der Waals surface area contributed by atoms with Crippen molar-refractivity contribution >= 4 is 16.2 Å². The normalized spacial score (nSPS) is 11.6. The maximum Gasteiger partial charge on any atom is 0.276 e. The van der Waals surface area contributed by atoms with Crippen molar-refractivity contribution in [2.45, 2.75) is 31.1 Å². The molecule has 0 radical (unpaired) electrons. The largest absolute Gasteiger partial charge is 0.504 e. The Hall–Kier alpha value is -2.54. The Bertz CT molecular complexity index is 831. The highest BCUT2D eigenvalue weighted by Crippen LogP contribution is 2.27. The zero-order valence-electron chi connectivity index (χ0n) is 14.3. The van der Waals surface area contributed by atoms with Gasteiger partial charge in [0.2, 0.25) is 0 Å². The zero-order valence-corrected chi connectivity index (χ0v) is 15.1. The molecule has 0 atom stereocenters. The molecule has 0 aromatic heterocycles. The molecule has 2 aromatic rings. The van der Waals surface area contributed by atoms with Crippen LogP contribution >= 0.6 is 0 Å². The van der Waals surface area contributed by atoms with E-state index >= 15 is 0 Å². The molecule has 2 N–H and O–H groups in total. The van der Waals surface area contributed by atoms with Crippen molar-refractivity contribution in [2.75, 3.05) is 7.11 Å². The number of para-hydroxylation sites is 1. The Labute approximate surface area is 148 Å². The molecule has 0 aliphatic rings. The molecule has 0 aliphatic heterocycles. The minimum atomic E-state index is -3.76. The number of benzene rings is 2. The molecule has 0 fully saturated rings. The number of sulfonamides is 1. The first-order valence-corrected chi connectivity index (χ1v) is 9.46. The van der Waals surface area contributed by atoms with Gasteiger partial charge in [0.25, 0.3) is 10.0 Å². The number of aromatic hydroxyl groups is 1. The summed E-state index contributed by atoms with van der Waals surface area (Å²) in [6.07, 6.45) is 4.31. The van der Waals surface area contributed by atoms with Gasteiger partial charge >= 0.3 is 0 Å². The molecule has 0 saturated heterocycles. The lowest BCUT2D eigenvalue weighted by Gasteiger charge is -2.06.